The molecule has 5 aromatic rings. The van der Waals surface area contributed by atoms with Crippen LogP contribution in [0.3, 0.4) is 0 Å². The van der Waals surface area contributed by atoms with Crippen molar-refractivity contribution < 1.29 is 18.3 Å². The Hall–Kier alpha value is -5.04. The molecule has 0 radical (unpaired) electrons. The molecule has 256 valence electrons. The Morgan fingerprint density at radius 1 is 0.918 bits per heavy atom. The van der Waals surface area contributed by atoms with E-state index in [1.165, 1.54) is 23.1 Å². The Kier molecular flexibility index (Phi) is 9.17. The zero-order valence-corrected chi connectivity index (χ0v) is 27.7. The Labute approximate surface area is 283 Å². The summed E-state index contributed by atoms with van der Waals surface area (Å²) in [5.41, 5.74) is 2.22. The van der Waals surface area contributed by atoms with E-state index in [0.717, 1.165) is 61.5 Å². The van der Waals surface area contributed by atoms with Crippen molar-refractivity contribution in [3.63, 3.8) is 0 Å². The van der Waals surface area contributed by atoms with Crippen LogP contribution in [0.1, 0.15) is 38.3 Å². The average molecular weight is 671 g/mol. The molecule has 0 bridgehead atoms. The fourth-order valence-corrected chi connectivity index (χ4v) is 6.77. The van der Waals surface area contributed by atoms with Gasteiger partial charge in [0.1, 0.15) is 42.0 Å². The fraction of sp³-hybridized carbons (Fsp3) is 0.389. The Balaban J connectivity index is 0.925. The van der Waals surface area contributed by atoms with Gasteiger partial charge < -0.3 is 19.3 Å². The molecule has 11 nitrogen and oxygen atoms in total. The van der Waals surface area contributed by atoms with Gasteiger partial charge in [0.2, 0.25) is 0 Å². The SMILES string of the molecule is CCC(C)n1ncn(-c2ccc(N3CCN(c4ccc(OC[C@H]5CO[C@](Cn6cncn6)(c6ccc(F)cc6F)C5)cc4)CC3)cc2)c1=O. The largest absolute Gasteiger partial charge is 0.493 e. The number of rotatable bonds is 11. The summed E-state index contributed by atoms with van der Waals surface area (Å²) >= 11 is 0. The number of aromatic nitrogens is 6. The minimum absolute atomic E-state index is 0.00165. The van der Waals surface area contributed by atoms with Crippen molar-refractivity contribution >= 4 is 11.4 Å². The number of nitrogens with zero attached hydrogens (tertiary/aromatic N) is 8. The van der Waals surface area contributed by atoms with E-state index in [2.05, 4.69) is 49.2 Å². The zero-order valence-electron chi connectivity index (χ0n) is 27.7. The molecule has 2 aliphatic heterocycles. The van der Waals surface area contributed by atoms with Crippen molar-refractivity contribution in [3.8, 4) is 11.4 Å². The predicted molar refractivity (Wildman–Crippen MR) is 181 cm³/mol. The number of hydrogen-bond acceptors (Lipinski definition) is 8. The molecule has 13 heteroatoms. The van der Waals surface area contributed by atoms with Gasteiger partial charge in [-0.05, 0) is 74.4 Å². The third kappa shape index (κ3) is 6.80. The van der Waals surface area contributed by atoms with Gasteiger partial charge in [-0.15, -0.1) is 0 Å². The van der Waals surface area contributed by atoms with Gasteiger partial charge in [0.25, 0.3) is 0 Å². The lowest BCUT2D eigenvalue weighted by molar-refractivity contribution is -0.0206. The molecule has 1 unspecified atom stereocenters. The van der Waals surface area contributed by atoms with Crippen molar-refractivity contribution in [2.75, 3.05) is 49.2 Å². The maximum Gasteiger partial charge on any atom is 0.350 e. The summed E-state index contributed by atoms with van der Waals surface area (Å²) in [5.74, 6) is -0.529. The van der Waals surface area contributed by atoms with Crippen molar-refractivity contribution in [1.82, 2.24) is 29.1 Å². The molecule has 2 fully saturated rings. The van der Waals surface area contributed by atoms with Crippen LogP contribution in [-0.2, 0) is 16.9 Å². The van der Waals surface area contributed by atoms with Gasteiger partial charge in [0, 0.05) is 55.1 Å². The van der Waals surface area contributed by atoms with Crippen LogP contribution in [0.15, 0.2) is 90.5 Å². The second-order valence-corrected chi connectivity index (χ2v) is 12.9. The summed E-state index contributed by atoms with van der Waals surface area (Å²) in [6.07, 6.45) is 5.90. The van der Waals surface area contributed by atoms with Crippen LogP contribution in [0.25, 0.3) is 5.69 Å². The van der Waals surface area contributed by atoms with Crippen molar-refractivity contribution in [1.29, 1.82) is 0 Å². The normalized spacial score (nSPS) is 20.1. The van der Waals surface area contributed by atoms with Gasteiger partial charge in [-0.1, -0.05) is 13.0 Å². The maximum absolute atomic E-state index is 15.0. The highest BCUT2D eigenvalue weighted by Gasteiger charge is 2.44. The van der Waals surface area contributed by atoms with E-state index >= 15 is 0 Å². The summed E-state index contributed by atoms with van der Waals surface area (Å²) < 4.78 is 45.8. The zero-order chi connectivity index (χ0) is 34.0. The molecule has 49 heavy (non-hydrogen) atoms. The van der Waals surface area contributed by atoms with Crippen LogP contribution in [0.2, 0.25) is 0 Å². The van der Waals surface area contributed by atoms with E-state index in [9.17, 15) is 13.6 Å². The number of ether oxygens (including phenoxy) is 2. The lowest BCUT2D eigenvalue weighted by Crippen LogP contribution is -2.46. The maximum atomic E-state index is 15.0. The lowest BCUT2D eigenvalue weighted by atomic mass is 9.87. The van der Waals surface area contributed by atoms with E-state index in [-0.39, 0.29) is 24.2 Å². The molecule has 3 atom stereocenters. The molecule has 2 aliphatic rings. The molecule has 2 saturated heterocycles. The third-order valence-electron chi connectivity index (χ3n) is 9.68. The predicted octanol–water partition coefficient (Wildman–Crippen LogP) is 5.21. The molecule has 3 aromatic carbocycles. The first-order chi connectivity index (χ1) is 23.8. The smallest absolute Gasteiger partial charge is 0.350 e. The highest BCUT2D eigenvalue weighted by atomic mass is 19.1. The molecule has 0 N–H and O–H groups in total. The standard InChI is InChI=1S/C36H40F2N8O3/c1-3-26(2)46-35(47)45(25-41-46)31-7-5-29(6-8-31)42-14-16-43(17-15-42)30-9-11-32(12-10-30)48-20-27-19-36(49-21-27,22-44-24-39-23-40-44)33-13-4-28(37)18-34(33)38/h4-13,18,23-27H,3,14-17,19-22H2,1-2H3/t26?,27-,36+/m0/s1. The first kappa shape index (κ1) is 32.5. The molecule has 7 rings (SSSR count). The summed E-state index contributed by atoms with van der Waals surface area (Å²) in [6, 6.07) is 19.8. The van der Waals surface area contributed by atoms with Crippen LogP contribution in [0.4, 0.5) is 20.2 Å². The van der Waals surface area contributed by atoms with Gasteiger partial charge in [0.05, 0.1) is 31.5 Å². The van der Waals surface area contributed by atoms with Gasteiger partial charge in [-0.25, -0.2) is 32.5 Å². The first-order valence-corrected chi connectivity index (χ1v) is 16.7. The molecular weight excluding hydrogens is 630 g/mol. The van der Waals surface area contributed by atoms with E-state index in [0.29, 0.717) is 25.2 Å². The minimum Gasteiger partial charge on any atom is -0.493 e. The summed E-state index contributed by atoms with van der Waals surface area (Å²) in [7, 11) is 0. The summed E-state index contributed by atoms with van der Waals surface area (Å²) in [4.78, 5) is 21.5. The highest BCUT2D eigenvalue weighted by molar-refractivity contribution is 5.54. The molecule has 4 heterocycles. The lowest BCUT2D eigenvalue weighted by Gasteiger charge is -2.37. The summed E-state index contributed by atoms with van der Waals surface area (Å²) in [6.45, 7) is 8.54. The van der Waals surface area contributed by atoms with E-state index in [1.54, 1.807) is 21.9 Å². The Morgan fingerprint density at radius 3 is 2.22 bits per heavy atom. The Bertz CT molecular complexity index is 1900. The summed E-state index contributed by atoms with van der Waals surface area (Å²) in [5, 5.41) is 8.47. The number of benzene rings is 3. The van der Waals surface area contributed by atoms with Crippen molar-refractivity contribution in [2.45, 2.75) is 44.9 Å². The molecule has 0 amide bonds. The van der Waals surface area contributed by atoms with E-state index in [4.69, 9.17) is 9.47 Å². The molecule has 2 aromatic heterocycles. The van der Waals surface area contributed by atoms with Crippen LogP contribution in [-0.4, -0.2) is 68.5 Å². The Morgan fingerprint density at radius 2 is 1.59 bits per heavy atom. The van der Waals surface area contributed by atoms with Crippen LogP contribution < -0.4 is 20.2 Å². The molecular formula is C36H40F2N8O3. The number of halogens is 2. The quantitative estimate of drug-likeness (QED) is 0.189. The van der Waals surface area contributed by atoms with E-state index in [1.807, 2.05) is 38.1 Å². The molecule has 0 spiro atoms. The van der Waals surface area contributed by atoms with Gasteiger partial charge in [-0.2, -0.15) is 10.2 Å². The number of piperazine rings is 1. The van der Waals surface area contributed by atoms with Gasteiger partial charge >= 0.3 is 5.69 Å². The van der Waals surface area contributed by atoms with Crippen molar-refractivity contribution in [2.24, 2.45) is 5.92 Å². The van der Waals surface area contributed by atoms with Crippen LogP contribution in [0, 0.1) is 17.6 Å². The fourth-order valence-electron chi connectivity index (χ4n) is 6.77. The second-order valence-electron chi connectivity index (χ2n) is 12.9. The van der Waals surface area contributed by atoms with Gasteiger partial charge in [-0.3, -0.25) is 0 Å². The second kappa shape index (κ2) is 13.8. The minimum atomic E-state index is -1.01. The monoisotopic (exact) mass is 670 g/mol. The van der Waals surface area contributed by atoms with Gasteiger partial charge in [0.15, 0.2) is 0 Å². The molecule has 0 aliphatic carbocycles. The van der Waals surface area contributed by atoms with Crippen molar-refractivity contribution in [3.05, 3.63) is 113 Å². The number of anilines is 2. The van der Waals surface area contributed by atoms with E-state index < -0.39 is 17.2 Å². The molecule has 0 saturated carbocycles. The topological polar surface area (TPSA) is 95.5 Å². The average Bonchev–Trinajstić information content (AvgIpc) is 3.88. The van der Waals surface area contributed by atoms with Crippen LogP contribution >= 0.6 is 0 Å². The third-order valence-corrected chi connectivity index (χ3v) is 9.68. The number of hydrogen-bond donors (Lipinski definition) is 0. The highest BCUT2D eigenvalue weighted by Crippen LogP contribution is 2.42. The first-order valence-electron chi connectivity index (χ1n) is 16.7. The van der Waals surface area contributed by atoms with Crippen LogP contribution in [0.5, 0.6) is 5.75 Å².